The Hall–Kier alpha value is -2.98. The molecule has 0 radical (unpaired) electrons. The number of hydrogen-bond acceptors (Lipinski definition) is 9. The first kappa shape index (κ1) is 17.8. The van der Waals surface area contributed by atoms with Gasteiger partial charge in [0, 0.05) is 18.7 Å². The maximum absolute atomic E-state index is 5.82. The van der Waals surface area contributed by atoms with Crippen molar-refractivity contribution in [3.05, 3.63) is 18.2 Å². The third-order valence-corrected chi connectivity index (χ3v) is 6.14. The normalized spacial score (nSPS) is 24.0. The molecule has 3 fully saturated rings. The highest BCUT2D eigenvalue weighted by atomic mass is 16.5. The summed E-state index contributed by atoms with van der Waals surface area (Å²) in [5, 5.41) is 0. The van der Waals surface area contributed by atoms with Gasteiger partial charge in [-0.15, -0.1) is 0 Å². The van der Waals surface area contributed by atoms with Gasteiger partial charge in [0.05, 0.1) is 49.5 Å². The molecule has 0 spiro atoms. The minimum Gasteiger partial charge on any atom is -0.378 e. The molecule has 3 saturated heterocycles. The highest BCUT2D eigenvalue weighted by Gasteiger charge is 2.39. The molecular formula is C20H24N8O2. The summed E-state index contributed by atoms with van der Waals surface area (Å²) in [7, 11) is 0. The highest BCUT2D eigenvalue weighted by molar-refractivity contribution is 5.82. The van der Waals surface area contributed by atoms with E-state index < -0.39 is 0 Å². The highest BCUT2D eigenvalue weighted by Crippen LogP contribution is 2.34. The number of hydrogen-bond donors (Lipinski definition) is 2. The smallest absolute Gasteiger partial charge is 0.231 e. The van der Waals surface area contributed by atoms with Gasteiger partial charge < -0.3 is 30.0 Å². The van der Waals surface area contributed by atoms with Gasteiger partial charge in [0.25, 0.3) is 0 Å². The van der Waals surface area contributed by atoms with Crippen LogP contribution in [0.25, 0.3) is 22.4 Å². The average Bonchev–Trinajstić information content (AvgIpc) is 3.28. The van der Waals surface area contributed by atoms with Gasteiger partial charge in [-0.25, -0.2) is 4.98 Å². The lowest BCUT2D eigenvalue weighted by Crippen LogP contribution is -2.47. The predicted molar refractivity (Wildman–Crippen MR) is 112 cm³/mol. The largest absolute Gasteiger partial charge is 0.378 e. The molecular weight excluding hydrogens is 384 g/mol. The van der Waals surface area contributed by atoms with Gasteiger partial charge in [0.2, 0.25) is 11.9 Å². The van der Waals surface area contributed by atoms with E-state index in [4.69, 9.17) is 30.2 Å². The van der Waals surface area contributed by atoms with Crippen molar-refractivity contribution in [2.24, 2.45) is 0 Å². The lowest BCUT2D eigenvalue weighted by atomic mass is 10.2. The molecule has 10 heteroatoms. The second kappa shape index (κ2) is 7.06. The molecule has 0 saturated carbocycles. The Kier molecular flexibility index (Phi) is 4.20. The molecule has 2 unspecified atom stereocenters. The molecule has 10 nitrogen and oxygen atoms in total. The fourth-order valence-electron chi connectivity index (χ4n) is 4.62. The number of nitrogens with zero attached hydrogens (tertiary/aromatic N) is 6. The first-order valence-corrected chi connectivity index (χ1v) is 10.4. The fraction of sp³-hybridized carbons (Fsp3) is 0.500. The van der Waals surface area contributed by atoms with Gasteiger partial charge in [-0.05, 0) is 31.0 Å². The van der Waals surface area contributed by atoms with E-state index in [9.17, 15) is 0 Å². The summed E-state index contributed by atoms with van der Waals surface area (Å²) < 4.78 is 11.3. The molecule has 3 aliphatic heterocycles. The number of anilines is 3. The van der Waals surface area contributed by atoms with Crippen LogP contribution in [0.1, 0.15) is 12.8 Å². The van der Waals surface area contributed by atoms with Crippen molar-refractivity contribution in [3.63, 3.8) is 0 Å². The maximum atomic E-state index is 5.82. The standard InChI is InChI=1S/C20H24N8O2/c21-18-22-15-4-1-12(9-16(15)23-18)17-24-19(27-5-7-29-8-6-27)26-20(25-17)28-13-2-3-14(28)11-30-10-13/h1,4,9,13-14H,2-3,5-8,10-11H2,(H3,21,22,23). The molecule has 2 atom stereocenters. The molecule has 0 amide bonds. The van der Waals surface area contributed by atoms with Crippen molar-refractivity contribution >= 4 is 28.9 Å². The van der Waals surface area contributed by atoms with Crippen LogP contribution in [0.3, 0.4) is 0 Å². The molecule has 2 bridgehead atoms. The topological polar surface area (TPSA) is 118 Å². The molecule has 156 valence electrons. The third kappa shape index (κ3) is 3.03. The molecule has 1 aromatic carbocycles. The van der Waals surface area contributed by atoms with E-state index in [2.05, 4.69) is 19.8 Å². The summed E-state index contributed by atoms with van der Waals surface area (Å²) in [6, 6.07) is 6.58. The van der Waals surface area contributed by atoms with E-state index in [0.29, 0.717) is 43.0 Å². The number of aromatic nitrogens is 5. The van der Waals surface area contributed by atoms with E-state index in [-0.39, 0.29) is 0 Å². The Morgan fingerprint density at radius 1 is 0.933 bits per heavy atom. The minimum atomic E-state index is 0.324. The Labute approximate surface area is 173 Å². The van der Waals surface area contributed by atoms with E-state index in [0.717, 1.165) is 61.7 Å². The average molecular weight is 408 g/mol. The van der Waals surface area contributed by atoms with Gasteiger partial charge in [-0.1, -0.05) is 0 Å². The van der Waals surface area contributed by atoms with Crippen molar-refractivity contribution in [1.29, 1.82) is 0 Å². The third-order valence-electron chi connectivity index (χ3n) is 6.14. The van der Waals surface area contributed by atoms with Crippen LogP contribution in [-0.4, -0.2) is 76.5 Å². The summed E-state index contributed by atoms with van der Waals surface area (Å²) in [4.78, 5) is 26.5. The lowest BCUT2D eigenvalue weighted by Gasteiger charge is -2.35. The van der Waals surface area contributed by atoms with Crippen LogP contribution in [-0.2, 0) is 9.47 Å². The van der Waals surface area contributed by atoms with Crippen molar-refractivity contribution in [1.82, 2.24) is 24.9 Å². The van der Waals surface area contributed by atoms with Crippen LogP contribution < -0.4 is 15.5 Å². The Morgan fingerprint density at radius 3 is 2.50 bits per heavy atom. The number of fused-ring (bicyclic) bond motifs is 3. The Balaban J connectivity index is 1.45. The first-order valence-electron chi connectivity index (χ1n) is 10.4. The summed E-state index contributed by atoms with van der Waals surface area (Å²) in [5.74, 6) is 2.48. The molecule has 6 rings (SSSR count). The van der Waals surface area contributed by atoms with E-state index >= 15 is 0 Å². The summed E-state index contributed by atoms with van der Waals surface area (Å²) >= 11 is 0. The molecule has 3 N–H and O–H groups in total. The zero-order chi connectivity index (χ0) is 20.1. The number of nitrogens with one attached hydrogen (secondary N) is 1. The van der Waals surface area contributed by atoms with Crippen molar-refractivity contribution in [3.8, 4) is 11.4 Å². The second-order valence-electron chi connectivity index (χ2n) is 8.04. The summed E-state index contributed by atoms with van der Waals surface area (Å²) in [5.41, 5.74) is 8.40. The van der Waals surface area contributed by atoms with Crippen LogP contribution >= 0.6 is 0 Å². The number of benzene rings is 1. The van der Waals surface area contributed by atoms with Crippen LogP contribution in [0.2, 0.25) is 0 Å². The van der Waals surface area contributed by atoms with E-state index in [1.807, 2.05) is 18.2 Å². The Morgan fingerprint density at radius 2 is 1.70 bits per heavy atom. The quantitative estimate of drug-likeness (QED) is 0.659. The summed E-state index contributed by atoms with van der Waals surface area (Å²) in [6.07, 6.45) is 2.22. The number of morpholine rings is 2. The van der Waals surface area contributed by atoms with Gasteiger partial charge in [-0.2, -0.15) is 15.0 Å². The first-order chi connectivity index (χ1) is 14.7. The van der Waals surface area contributed by atoms with Crippen LogP contribution in [0, 0.1) is 0 Å². The monoisotopic (exact) mass is 408 g/mol. The molecule has 2 aromatic heterocycles. The molecule has 0 aliphatic carbocycles. The Bertz CT molecular complexity index is 1060. The van der Waals surface area contributed by atoms with Crippen molar-refractivity contribution in [2.45, 2.75) is 24.9 Å². The minimum absolute atomic E-state index is 0.324. The van der Waals surface area contributed by atoms with Crippen molar-refractivity contribution < 1.29 is 9.47 Å². The lowest BCUT2D eigenvalue weighted by molar-refractivity contribution is 0.0897. The molecule has 3 aromatic rings. The zero-order valence-electron chi connectivity index (χ0n) is 16.6. The van der Waals surface area contributed by atoms with Gasteiger partial charge in [0.15, 0.2) is 11.8 Å². The van der Waals surface area contributed by atoms with Crippen LogP contribution in [0.5, 0.6) is 0 Å². The van der Waals surface area contributed by atoms with E-state index in [1.54, 1.807) is 0 Å². The van der Waals surface area contributed by atoms with Crippen LogP contribution in [0.15, 0.2) is 18.2 Å². The summed E-state index contributed by atoms with van der Waals surface area (Å²) in [6.45, 7) is 4.35. The number of rotatable bonds is 3. The van der Waals surface area contributed by atoms with Crippen LogP contribution in [0.4, 0.5) is 17.8 Å². The number of aromatic amines is 1. The number of nitrogens with two attached hydrogens (primary N) is 1. The number of imidazole rings is 1. The molecule has 3 aliphatic rings. The molecule has 5 heterocycles. The maximum Gasteiger partial charge on any atom is 0.231 e. The predicted octanol–water partition coefficient (Wildman–Crippen LogP) is 1.20. The number of ether oxygens (including phenoxy) is 2. The fourth-order valence-corrected chi connectivity index (χ4v) is 4.62. The number of H-pyrrole nitrogens is 1. The van der Waals surface area contributed by atoms with Gasteiger partial charge in [0.1, 0.15) is 0 Å². The SMILES string of the molecule is Nc1nc2cc(-c3nc(N4CCOCC4)nc(N4C5CCC4COC5)n3)ccc2[nH]1. The van der Waals surface area contributed by atoms with Crippen molar-refractivity contribution in [2.75, 3.05) is 55.1 Å². The van der Waals surface area contributed by atoms with Gasteiger partial charge >= 0.3 is 0 Å². The number of nitrogen functional groups attached to an aromatic ring is 1. The van der Waals surface area contributed by atoms with Gasteiger partial charge in [-0.3, -0.25) is 0 Å². The molecule has 30 heavy (non-hydrogen) atoms. The van der Waals surface area contributed by atoms with E-state index in [1.165, 1.54) is 0 Å². The zero-order valence-corrected chi connectivity index (χ0v) is 16.6. The second-order valence-corrected chi connectivity index (χ2v) is 8.04.